The van der Waals surface area contributed by atoms with Crippen molar-refractivity contribution in [3.63, 3.8) is 0 Å². The Hall–Kier alpha value is -1.28. The van der Waals surface area contributed by atoms with Gasteiger partial charge in [0.1, 0.15) is 5.75 Å². The van der Waals surface area contributed by atoms with Gasteiger partial charge in [0.15, 0.2) is 0 Å². The minimum absolute atomic E-state index is 0.355. The van der Waals surface area contributed by atoms with Crippen LogP contribution in [-0.2, 0) is 0 Å². The molecule has 88 valence electrons. The van der Waals surface area contributed by atoms with Gasteiger partial charge in [-0.05, 0) is 25.6 Å². The van der Waals surface area contributed by atoms with Crippen molar-refractivity contribution >= 4 is 0 Å². The van der Waals surface area contributed by atoms with Gasteiger partial charge in [0.25, 0.3) is 0 Å². The van der Waals surface area contributed by atoms with Crippen LogP contribution in [0.3, 0.4) is 0 Å². The van der Waals surface area contributed by atoms with E-state index in [0.29, 0.717) is 12.6 Å². The highest BCUT2D eigenvalue weighted by molar-refractivity contribution is 5.20. The molecule has 1 atom stereocenters. The van der Waals surface area contributed by atoms with Crippen LogP contribution >= 0.6 is 0 Å². The molecule has 0 radical (unpaired) electrons. The standard InChI is InChI=1S/C14H21NO/c1-4-15-14(12(2)3)10-11-16-13-8-6-5-7-9-13/h5-9,14-15H,2,4,10-11H2,1,3H3. The summed E-state index contributed by atoms with van der Waals surface area (Å²) in [6.45, 7) is 9.82. The first kappa shape index (κ1) is 12.8. The van der Waals surface area contributed by atoms with Crippen LogP contribution in [0.15, 0.2) is 42.5 Å². The lowest BCUT2D eigenvalue weighted by atomic mass is 10.1. The Morgan fingerprint density at radius 3 is 2.62 bits per heavy atom. The van der Waals surface area contributed by atoms with Crippen molar-refractivity contribution in [2.24, 2.45) is 0 Å². The maximum Gasteiger partial charge on any atom is 0.119 e. The summed E-state index contributed by atoms with van der Waals surface area (Å²) in [5.41, 5.74) is 1.17. The summed E-state index contributed by atoms with van der Waals surface area (Å²) in [6.07, 6.45) is 0.956. The quantitative estimate of drug-likeness (QED) is 0.712. The molecule has 1 aromatic rings. The van der Waals surface area contributed by atoms with E-state index in [1.807, 2.05) is 30.3 Å². The monoisotopic (exact) mass is 219 g/mol. The van der Waals surface area contributed by atoms with E-state index in [2.05, 4.69) is 25.7 Å². The van der Waals surface area contributed by atoms with Gasteiger partial charge in [-0.2, -0.15) is 0 Å². The zero-order chi connectivity index (χ0) is 11.8. The molecule has 1 unspecified atom stereocenters. The van der Waals surface area contributed by atoms with E-state index in [1.54, 1.807) is 0 Å². The fourth-order valence-corrected chi connectivity index (χ4v) is 1.58. The molecule has 1 aromatic carbocycles. The summed E-state index contributed by atoms with van der Waals surface area (Å²) >= 11 is 0. The summed E-state index contributed by atoms with van der Waals surface area (Å²) in [5.74, 6) is 0.930. The third-order valence-electron chi connectivity index (χ3n) is 2.46. The minimum atomic E-state index is 0.355. The van der Waals surface area contributed by atoms with Gasteiger partial charge in [-0.1, -0.05) is 37.3 Å². The highest BCUT2D eigenvalue weighted by Gasteiger charge is 2.07. The van der Waals surface area contributed by atoms with Crippen LogP contribution < -0.4 is 10.1 Å². The van der Waals surface area contributed by atoms with Gasteiger partial charge >= 0.3 is 0 Å². The number of benzene rings is 1. The lowest BCUT2D eigenvalue weighted by molar-refractivity contribution is 0.295. The average molecular weight is 219 g/mol. The molecule has 0 spiro atoms. The Bertz CT molecular complexity index is 308. The lowest BCUT2D eigenvalue weighted by Crippen LogP contribution is -2.31. The highest BCUT2D eigenvalue weighted by atomic mass is 16.5. The zero-order valence-corrected chi connectivity index (χ0v) is 10.2. The van der Waals surface area contributed by atoms with Crippen molar-refractivity contribution in [1.29, 1.82) is 0 Å². The number of hydrogen-bond acceptors (Lipinski definition) is 2. The van der Waals surface area contributed by atoms with Crippen molar-refractivity contribution in [2.75, 3.05) is 13.2 Å². The molecular weight excluding hydrogens is 198 g/mol. The number of rotatable bonds is 7. The molecule has 1 N–H and O–H groups in total. The number of ether oxygens (including phenoxy) is 1. The predicted octanol–water partition coefficient (Wildman–Crippen LogP) is 3.01. The van der Waals surface area contributed by atoms with Gasteiger partial charge < -0.3 is 10.1 Å². The van der Waals surface area contributed by atoms with E-state index in [-0.39, 0.29) is 0 Å². The number of para-hydroxylation sites is 1. The molecule has 0 heterocycles. The fourth-order valence-electron chi connectivity index (χ4n) is 1.58. The molecular formula is C14H21NO. The first-order chi connectivity index (χ1) is 7.74. The maximum atomic E-state index is 5.65. The van der Waals surface area contributed by atoms with Gasteiger partial charge in [-0.15, -0.1) is 0 Å². The Morgan fingerprint density at radius 2 is 2.06 bits per heavy atom. The lowest BCUT2D eigenvalue weighted by Gasteiger charge is -2.18. The molecule has 0 amide bonds. The van der Waals surface area contributed by atoms with E-state index in [4.69, 9.17) is 4.74 Å². The van der Waals surface area contributed by atoms with Gasteiger partial charge in [0.2, 0.25) is 0 Å². The van der Waals surface area contributed by atoms with Crippen molar-refractivity contribution in [3.05, 3.63) is 42.5 Å². The SMILES string of the molecule is C=C(C)C(CCOc1ccccc1)NCC. The first-order valence-electron chi connectivity index (χ1n) is 5.80. The number of likely N-dealkylation sites (N-methyl/N-ethyl adjacent to an activating group) is 1. The van der Waals surface area contributed by atoms with Crippen LogP contribution in [0.4, 0.5) is 0 Å². The maximum absolute atomic E-state index is 5.65. The summed E-state index contributed by atoms with van der Waals surface area (Å²) in [7, 11) is 0. The van der Waals surface area contributed by atoms with Crippen molar-refractivity contribution in [3.8, 4) is 5.75 Å². The highest BCUT2D eigenvalue weighted by Crippen LogP contribution is 2.10. The van der Waals surface area contributed by atoms with Gasteiger partial charge in [0.05, 0.1) is 6.61 Å². The summed E-state index contributed by atoms with van der Waals surface area (Å²) in [4.78, 5) is 0. The molecule has 0 aromatic heterocycles. The third kappa shape index (κ3) is 4.49. The van der Waals surface area contributed by atoms with Gasteiger partial charge in [-0.3, -0.25) is 0 Å². The molecule has 0 saturated carbocycles. The van der Waals surface area contributed by atoms with E-state index >= 15 is 0 Å². The van der Waals surface area contributed by atoms with Crippen molar-refractivity contribution in [2.45, 2.75) is 26.3 Å². The molecule has 0 aliphatic heterocycles. The molecule has 0 aliphatic carbocycles. The molecule has 0 fully saturated rings. The van der Waals surface area contributed by atoms with Gasteiger partial charge in [-0.25, -0.2) is 0 Å². The second-order valence-corrected chi connectivity index (χ2v) is 3.91. The van der Waals surface area contributed by atoms with Crippen LogP contribution in [0.25, 0.3) is 0 Å². The minimum Gasteiger partial charge on any atom is -0.494 e. The Kier molecular flexibility index (Phi) is 5.65. The normalized spacial score (nSPS) is 12.1. The largest absolute Gasteiger partial charge is 0.494 e. The molecule has 16 heavy (non-hydrogen) atoms. The first-order valence-corrected chi connectivity index (χ1v) is 5.80. The summed E-state index contributed by atoms with van der Waals surface area (Å²) in [6, 6.07) is 10.3. The average Bonchev–Trinajstić information content (AvgIpc) is 2.29. The van der Waals surface area contributed by atoms with Crippen LogP contribution in [0.2, 0.25) is 0 Å². The van der Waals surface area contributed by atoms with Crippen LogP contribution in [0, 0.1) is 0 Å². The van der Waals surface area contributed by atoms with E-state index < -0.39 is 0 Å². The second-order valence-electron chi connectivity index (χ2n) is 3.91. The van der Waals surface area contributed by atoms with Crippen LogP contribution in [0.1, 0.15) is 20.3 Å². The number of nitrogens with one attached hydrogen (secondary N) is 1. The van der Waals surface area contributed by atoms with Crippen molar-refractivity contribution < 1.29 is 4.74 Å². The van der Waals surface area contributed by atoms with E-state index in [9.17, 15) is 0 Å². The second kappa shape index (κ2) is 7.07. The molecule has 0 aliphatic rings. The zero-order valence-electron chi connectivity index (χ0n) is 10.2. The smallest absolute Gasteiger partial charge is 0.119 e. The third-order valence-corrected chi connectivity index (χ3v) is 2.46. The molecule has 0 bridgehead atoms. The fraction of sp³-hybridized carbons (Fsp3) is 0.429. The molecule has 1 rings (SSSR count). The molecule has 2 nitrogen and oxygen atoms in total. The Labute approximate surface area is 98.3 Å². The number of hydrogen-bond donors (Lipinski definition) is 1. The summed E-state index contributed by atoms with van der Waals surface area (Å²) < 4.78 is 5.65. The van der Waals surface area contributed by atoms with Gasteiger partial charge in [0, 0.05) is 12.5 Å². The van der Waals surface area contributed by atoms with Crippen LogP contribution in [-0.4, -0.2) is 19.2 Å². The van der Waals surface area contributed by atoms with Crippen LogP contribution in [0.5, 0.6) is 5.75 Å². The Morgan fingerprint density at radius 1 is 1.38 bits per heavy atom. The molecule has 0 saturated heterocycles. The van der Waals surface area contributed by atoms with Crippen molar-refractivity contribution in [1.82, 2.24) is 5.32 Å². The topological polar surface area (TPSA) is 21.3 Å². The Balaban J connectivity index is 2.31. The van der Waals surface area contributed by atoms with E-state index in [0.717, 1.165) is 18.7 Å². The molecule has 2 heteroatoms. The van der Waals surface area contributed by atoms with E-state index in [1.165, 1.54) is 5.57 Å². The predicted molar refractivity (Wildman–Crippen MR) is 68.8 cm³/mol. The summed E-state index contributed by atoms with van der Waals surface area (Å²) in [5, 5.41) is 3.39.